The van der Waals surface area contributed by atoms with Crippen LogP contribution in [0.5, 0.6) is 0 Å². The highest BCUT2D eigenvalue weighted by molar-refractivity contribution is 5.04. The van der Waals surface area contributed by atoms with Gasteiger partial charge in [0.2, 0.25) is 0 Å². The summed E-state index contributed by atoms with van der Waals surface area (Å²) in [6.45, 7) is 0.823. The fourth-order valence-corrected chi connectivity index (χ4v) is 1.70. The fourth-order valence-electron chi connectivity index (χ4n) is 1.70. The Morgan fingerprint density at radius 3 is 3.07 bits per heavy atom. The van der Waals surface area contributed by atoms with E-state index in [1.54, 1.807) is 6.20 Å². The molecule has 0 spiro atoms. The number of hydrogen-bond acceptors (Lipinski definition) is 2. The van der Waals surface area contributed by atoms with E-state index in [0.29, 0.717) is 6.04 Å². The monoisotopic (exact) mass is 188 g/mol. The van der Waals surface area contributed by atoms with Gasteiger partial charge >= 0.3 is 0 Å². The van der Waals surface area contributed by atoms with Crippen molar-refractivity contribution < 1.29 is 0 Å². The maximum absolute atomic E-state index is 4.19. The summed E-state index contributed by atoms with van der Waals surface area (Å²) >= 11 is 0. The lowest BCUT2D eigenvalue weighted by Crippen LogP contribution is -2.06. The summed E-state index contributed by atoms with van der Waals surface area (Å²) in [4.78, 5) is 4.19. The number of hydrogen-bond donors (Lipinski definition) is 0. The van der Waals surface area contributed by atoms with E-state index in [-0.39, 0.29) is 0 Å². The van der Waals surface area contributed by atoms with Crippen molar-refractivity contribution in [1.29, 1.82) is 0 Å². The Bertz CT molecular complexity index is 411. The molecule has 1 saturated carbocycles. The molecule has 2 heterocycles. The highest BCUT2D eigenvalue weighted by Crippen LogP contribution is 2.35. The molecule has 4 heteroatoms. The second kappa shape index (κ2) is 2.97. The van der Waals surface area contributed by atoms with Crippen molar-refractivity contribution in [3.05, 3.63) is 36.7 Å². The molecule has 3 rings (SSSR count). The standard InChI is InChI=1S/C10H12N4/c1-4-12-13(5-1)7-10-6-11-8-14(10)9-2-3-9/h1,4-6,8-9H,2-3,7H2. The summed E-state index contributed by atoms with van der Waals surface area (Å²) in [6.07, 6.45) is 10.2. The molecule has 1 aliphatic carbocycles. The predicted molar refractivity (Wildman–Crippen MR) is 51.8 cm³/mol. The number of nitrogens with zero attached hydrogens (tertiary/aromatic N) is 4. The van der Waals surface area contributed by atoms with Crippen LogP contribution in [0.1, 0.15) is 24.6 Å². The summed E-state index contributed by atoms with van der Waals surface area (Å²) in [7, 11) is 0. The molecule has 4 nitrogen and oxygen atoms in total. The SMILES string of the molecule is c1cnn(Cc2cncn2C2CC2)c1. The molecule has 0 aromatic carbocycles. The quantitative estimate of drug-likeness (QED) is 0.731. The molecule has 0 atom stereocenters. The van der Waals surface area contributed by atoms with E-state index in [1.165, 1.54) is 18.5 Å². The minimum Gasteiger partial charge on any atom is -0.330 e. The number of rotatable bonds is 3. The van der Waals surface area contributed by atoms with Crippen LogP contribution in [-0.4, -0.2) is 19.3 Å². The molecular formula is C10H12N4. The number of aromatic nitrogens is 4. The first kappa shape index (κ1) is 7.79. The van der Waals surface area contributed by atoms with Gasteiger partial charge in [-0.25, -0.2) is 4.98 Å². The van der Waals surface area contributed by atoms with Crippen molar-refractivity contribution in [3.63, 3.8) is 0 Å². The molecule has 0 bridgehead atoms. The lowest BCUT2D eigenvalue weighted by molar-refractivity contribution is 0.615. The average Bonchev–Trinajstić information content (AvgIpc) is 2.74. The van der Waals surface area contributed by atoms with Crippen LogP contribution >= 0.6 is 0 Å². The van der Waals surface area contributed by atoms with Crippen molar-refractivity contribution in [3.8, 4) is 0 Å². The van der Waals surface area contributed by atoms with E-state index in [9.17, 15) is 0 Å². The van der Waals surface area contributed by atoms with Gasteiger partial charge in [-0.3, -0.25) is 4.68 Å². The van der Waals surface area contributed by atoms with Crippen LogP contribution in [0.4, 0.5) is 0 Å². The Kier molecular flexibility index (Phi) is 1.65. The Morgan fingerprint density at radius 1 is 1.43 bits per heavy atom. The van der Waals surface area contributed by atoms with Gasteiger partial charge in [0.1, 0.15) is 0 Å². The smallest absolute Gasteiger partial charge is 0.0951 e. The van der Waals surface area contributed by atoms with Gasteiger partial charge in [-0.1, -0.05) is 0 Å². The van der Waals surface area contributed by atoms with E-state index in [2.05, 4.69) is 14.6 Å². The topological polar surface area (TPSA) is 35.6 Å². The minimum absolute atomic E-state index is 0.697. The van der Waals surface area contributed by atoms with Gasteiger partial charge in [0, 0.05) is 18.4 Å². The van der Waals surface area contributed by atoms with Crippen molar-refractivity contribution >= 4 is 0 Å². The van der Waals surface area contributed by atoms with Crippen LogP contribution in [-0.2, 0) is 6.54 Å². The highest BCUT2D eigenvalue weighted by Gasteiger charge is 2.25. The molecule has 0 saturated heterocycles. The van der Waals surface area contributed by atoms with Gasteiger partial charge in [-0.15, -0.1) is 0 Å². The third kappa shape index (κ3) is 1.32. The average molecular weight is 188 g/mol. The number of imidazole rings is 1. The van der Waals surface area contributed by atoms with Gasteiger partial charge in [-0.2, -0.15) is 5.10 Å². The summed E-state index contributed by atoms with van der Waals surface area (Å²) < 4.78 is 4.19. The molecule has 14 heavy (non-hydrogen) atoms. The van der Waals surface area contributed by atoms with Gasteiger partial charge in [0.25, 0.3) is 0 Å². The molecule has 0 amide bonds. The fraction of sp³-hybridized carbons (Fsp3) is 0.400. The van der Waals surface area contributed by atoms with Crippen molar-refractivity contribution in [2.75, 3.05) is 0 Å². The lowest BCUT2D eigenvalue weighted by atomic mass is 10.4. The Morgan fingerprint density at radius 2 is 2.36 bits per heavy atom. The second-order valence-corrected chi connectivity index (χ2v) is 3.73. The van der Waals surface area contributed by atoms with Gasteiger partial charge < -0.3 is 4.57 Å². The van der Waals surface area contributed by atoms with Crippen LogP contribution in [0.2, 0.25) is 0 Å². The molecular weight excluding hydrogens is 176 g/mol. The summed E-state index contributed by atoms with van der Waals surface area (Å²) in [5.74, 6) is 0. The van der Waals surface area contributed by atoms with Crippen LogP contribution in [0.15, 0.2) is 31.0 Å². The Labute approximate surface area is 82.2 Å². The normalized spacial score (nSPS) is 16.0. The van der Waals surface area contributed by atoms with E-state index >= 15 is 0 Å². The Balaban J connectivity index is 1.85. The predicted octanol–water partition coefficient (Wildman–Crippen LogP) is 1.46. The zero-order valence-corrected chi connectivity index (χ0v) is 7.87. The van der Waals surface area contributed by atoms with Gasteiger partial charge in [-0.05, 0) is 18.9 Å². The summed E-state index contributed by atoms with van der Waals surface area (Å²) in [6, 6.07) is 2.64. The van der Waals surface area contributed by atoms with Crippen molar-refractivity contribution in [2.45, 2.75) is 25.4 Å². The van der Waals surface area contributed by atoms with E-state index in [4.69, 9.17) is 0 Å². The zero-order chi connectivity index (χ0) is 9.38. The molecule has 2 aromatic rings. The maximum atomic E-state index is 4.19. The van der Waals surface area contributed by atoms with E-state index in [1.807, 2.05) is 29.5 Å². The van der Waals surface area contributed by atoms with Gasteiger partial charge in [0.15, 0.2) is 0 Å². The summed E-state index contributed by atoms with van der Waals surface area (Å²) in [5.41, 5.74) is 1.25. The Hall–Kier alpha value is -1.58. The molecule has 72 valence electrons. The van der Waals surface area contributed by atoms with Crippen molar-refractivity contribution in [1.82, 2.24) is 19.3 Å². The first-order valence-corrected chi connectivity index (χ1v) is 4.91. The molecule has 2 aromatic heterocycles. The lowest BCUT2D eigenvalue weighted by Gasteiger charge is -2.05. The van der Waals surface area contributed by atoms with Crippen LogP contribution in [0.25, 0.3) is 0 Å². The molecule has 1 fully saturated rings. The first-order chi connectivity index (χ1) is 6.93. The van der Waals surface area contributed by atoms with E-state index < -0.39 is 0 Å². The maximum Gasteiger partial charge on any atom is 0.0951 e. The zero-order valence-electron chi connectivity index (χ0n) is 7.87. The van der Waals surface area contributed by atoms with Crippen molar-refractivity contribution in [2.24, 2.45) is 0 Å². The van der Waals surface area contributed by atoms with E-state index in [0.717, 1.165) is 6.54 Å². The minimum atomic E-state index is 0.697. The summed E-state index contributed by atoms with van der Waals surface area (Å²) in [5, 5.41) is 4.19. The third-order valence-corrected chi connectivity index (χ3v) is 2.57. The first-order valence-electron chi connectivity index (χ1n) is 4.91. The molecule has 1 aliphatic rings. The molecule has 0 unspecified atom stereocenters. The van der Waals surface area contributed by atoms with Gasteiger partial charge in [0.05, 0.1) is 24.8 Å². The van der Waals surface area contributed by atoms with Crippen LogP contribution < -0.4 is 0 Å². The second-order valence-electron chi connectivity index (χ2n) is 3.73. The molecule has 0 aliphatic heterocycles. The highest BCUT2D eigenvalue weighted by atomic mass is 15.3. The molecule has 0 radical (unpaired) electrons. The van der Waals surface area contributed by atoms with Crippen LogP contribution in [0.3, 0.4) is 0 Å². The third-order valence-electron chi connectivity index (χ3n) is 2.57. The largest absolute Gasteiger partial charge is 0.330 e. The molecule has 0 N–H and O–H groups in total. The van der Waals surface area contributed by atoms with Crippen LogP contribution in [0, 0.1) is 0 Å².